The van der Waals surface area contributed by atoms with Crippen molar-refractivity contribution in [2.75, 3.05) is 12.2 Å². The molecule has 1 heterocycles. The lowest BCUT2D eigenvalue weighted by Crippen LogP contribution is -2.09. The molecule has 15 heavy (non-hydrogen) atoms. The third kappa shape index (κ3) is 4.78. The standard InChI is InChI=1S/C10H15NO3S/c1-3-4-9-7-10(5-6-11-9)14-8-15(2,12)13/h5-7H,3-4,8H2,1-2H3. The number of rotatable bonds is 5. The summed E-state index contributed by atoms with van der Waals surface area (Å²) in [5, 5.41) is 0. The molecule has 5 heteroatoms. The molecule has 0 spiro atoms. The van der Waals surface area contributed by atoms with Crippen molar-refractivity contribution in [2.45, 2.75) is 19.8 Å². The van der Waals surface area contributed by atoms with Crippen LogP contribution in [0.5, 0.6) is 5.75 Å². The van der Waals surface area contributed by atoms with Crippen molar-refractivity contribution in [3.63, 3.8) is 0 Å². The molecule has 0 fully saturated rings. The van der Waals surface area contributed by atoms with Crippen LogP contribution in [0.4, 0.5) is 0 Å². The molecule has 0 bridgehead atoms. The van der Waals surface area contributed by atoms with Gasteiger partial charge in [0.1, 0.15) is 5.75 Å². The molecule has 0 saturated heterocycles. The van der Waals surface area contributed by atoms with Gasteiger partial charge in [-0.3, -0.25) is 4.98 Å². The molecule has 1 aromatic rings. The Balaban J connectivity index is 2.65. The summed E-state index contributed by atoms with van der Waals surface area (Å²) in [4.78, 5) is 4.14. The second-order valence-electron chi connectivity index (χ2n) is 3.42. The minimum Gasteiger partial charge on any atom is -0.478 e. The summed E-state index contributed by atoms with van der Waals surface area (Å²) in [6.07, 6.45) is 4.64. The normalized spacial score (nSPS) is 11.3. The first kappa shape index (κ1) is 12.0. The number of aromatic nitrogens is 1. The molecule has 0 radical (unpaired) electrons. The van der Waals surface area contributed by atoms with Gasteiger partial charge in [-0.15, -0.1) is 0 Å². The van der Waals surface area contributed by atoms with Gasteiger partial charge in [-0.2, -0.15) is 0 Å². The van der Waals surface area contributed by atoms with Crippen molar-refractivity contribution in [3.05, 3.63) is 24.0 Å². The van der Waals surface area contributed by atoms with E-state index in [-0.39, 0.29) is 5.94 Å². The quantitative estimate of drug-likeness (QED) is 0.766. The maximum Gasteiger partial charge on any atom is 0.188 e. The number of hydrogen-bond donors (Lipinski definition) is 0. The topological polar surface area (TPSA) is 56.3 Å². The smallest absolute Gasteiger partial charge is 0.188 e. The molecule has 0 saturated carbocycles. The first-order valence-corrected chi connectivity index (χ1v) is 6.83. The van der Waals surface area contributed by atoms with E-state index >= 15 is 0 Å². The lowest BCUT2D eigenvalue weighted by Gasteiger charge is -2.05. The maximum absolute atomic E-state index is 10.9. The number of aryl methyl sites for hydroxylation is 1. The van der Waals surface area contributed by atoms with Crippen LogP contribution in [0.15, 0.2) is 18.3 Å². The Bertz CT molecular complexity index is 414. The molecule has 0 aliphatic carbocycles. The molecular weight excluding hydrogens is 214 g/mol. The Morgan fingerprint density at radius 1 is 1.47 bits per heavy atom. The van der Waals surface area contributed by atoms with E-state index in [0.29, 0.717) is 5.75 Å². The van der Waals surface area contributed by atoms with Gasteiger partial charge >= 0.3 is 0 Å². The molecule has 1 rings (SSSR count). The Labute approximate surface area is 90.2 Å². The SMILES string of the molecule is CCCc1cc(OCS(C)(=O)=O)ccn1. The van der Waals surface area contributed by atoms with Crippen molar-refractivity contribution in [1.82, 2.24) is 4.98 Å². The van der Waals surface area contributed by atoms with Crippen LogP contribution in [0.3, 0.4) is 0 Å². The average molecular weight is 229 g/mol. The number of sulfone groups is 1. The van der Waals surface area contributed by atoms with Gasteiger partial charge in [0, 0.05) is 24.2 Å². The Kier molecular flexibility index (Phi) is 4.08. The molecule has 84 valence electrons. The van der Waals surface area contributed by atoms with Gasteiger partial charge in [-0.1, -0.05) is 13.3 Å². The predicted molar refractivity (Wildman–Crippen MR) is 58.6 cm³/mol. The summed E-state index contributed by atoms with van der Waals surface area (Å²) in [6.45, 7) is 2.06. The van der Waals surface area contributed by atoms with E-state index in [2.05, 4.69) is 11.9 Å². The average Bonchev–Trinajstić information content (AvgIpc) is 2.15. The summed E-state index contributed by atoms with van der Waals surface area (Å²) < 4.78 is 26.9. The molecule has 4 nitrogen and oxygen atoms in total. The zero-order valence-electron chi connectivity index (χ0n) is 8.93. The van der Waals surface area contributed by atoms with Crippen molar-refractivity contribution < 1.29 is 13.2 Å². The van der Waals surface area contributed by atoms with E-state index in [4.69, 9.17) is 4.74 Å². The molecule has 0 amide bonds. The van der Waals surface area contributed by atoms with Crippen LogP contribution in [0.1, 0.15) is 19.0 Å². The minimum absolute atomic E-state index is 0.289. The van der Waals surface area contributed by atoms with Crippen molar-refractivity contribution in [1.29, 1.82) is 0 Å². The van der Waals surface area contributed by atoms with E-state index in [1.165, 1.54) is 0 Å². The summed E-state index contributed by atoms with van der Waals surface area (Å²) >= 11 is 0. The van der Waals surface area contributed by atoms with Crippen LogP contribution in [-0.4, -0.2) is 25.6 Å². The molecule has 0 aliphatic rings. The number of nitrogens with zero attached hydrogens (tertiary/aromatic N) is 1. The van der Waals surface area contributed by atoms with Crippen LogP contribution in [0.25, 0.3) is 0 Å². The molecule has 0 unspecified atom stereocenters. The van der Waals surface area contributed by atoms with Crippen molar-refractivity contribution >= 4 is 9.84 Å². The molecule has 0 aliphatic heterocycles. The Morgan fingerprint density at radius 3 is 2.80 bits per heavy atom. The third-order valence-corrected chi connectivity index (χ3v) is 2.28. The molecule has 0 aromatic carbocycles. The van der Waals surface area contributed by atoms with Gasteiger partial charge in [0.15, 0.2) is 15.8 Å². The monoisotopic (exact) mass is 229 g/mol. The van der Waals surface area contributed by atoms with Crippen LogP contribution in [0.2, 0.25) is 0 Å². The third-order valence-electron chi connectivity index (χ3n) is 1.73. The fourth-order valence-electron chi connectivity index (χ4n) is 1.11. The molecule has 0 N–H and O–H groups in total. The second-order valence-corrected chi connectivity index (χ2v) is 5.51. The Hall–Kier alpha value is -1.10. The molecule has 0 atom stereocenters. The van der Waals surface area contributed by atoms with Gasteiger partial charge in [0.2, 0.25) is 0 Å². The van der Waals surface area contributed by atoms with E-state index in [9.17, 15) is 8.42 Å². The highest BCUT2D eigenvalue weighted by Gasteiger charge is 2.03. The van der Waals surface area contributed by atoms with E-state index in [1.807, 2.05) is 0 Å². The van der Waals surface area contributed by atoms with Crippen LogP contribution in [0, 0.1) is 0 Å². The van der Waals surface area contributed by atoms with Crippen LogP contribution < -0.4 is 4.74 Å². The number of hydrogen-bond acceptors (Lipinski definition) is 4. The number of ether oxygens (including phenoxy) is 1. The highest BCUT2D eigenvalue weighted by molar-refractivity contribution is 7.90. The lowest BCUT2D eigenvalue weighted by atomic mass is 10.2. The summed E-state index contributed by atoms with van der Waals surface area (Å²) in [6, 6.07) is 3.43. The largest absolute Gasteiger partial charge is 0.478 e. The minimum atomic E-state index is -3.09. The van der Waals surface area contributed by atoms with Crippen molar-refractivity contribution in [3.8, 4) is 5.75 Å². The number of pyridine rings is 1. The first-order chi connectivity index (χ1) is 7.01. The summed E-state index contributed by atoms with van der Waals surface area (Å²) in [5.41, 5.74) is 0.920. The first-order valence-electron chi connectivity index (χ1n) is 4.76. The zero-order chi connectivity index (χ0) is 11.3. The van der Waals surface area contributed by atoms with Gasteiger partial charge in [-0.05, 0) is 12.5 Å². The van der Waals surface area contributed by atoms with E-state index < -0.39 is 9.84 Å². The molecular formula is C10H15NO3S. The van der Waals surface area contributed by atoms with Gasteiger partial charge in [0.25, 0.3) is 0 Å². The van der Waals surface area contributed by atoms with Crippen LogP contribution >= 0.6 is 0 Å². The van der Waals surface area contributed by atoms with E-state index in [0.717, 1.165) is 24.8 Å². The fraction of sp³-hybridized carbons (Fsp3) is 0.500. The predicted octanol–water partition coefficient (Wildman–Crippen LogP) is 1.42. The lowest BCUT2D eigenvalue weighted by molar-refractivity contribution is 0.377. The highest BCUT2D eigenvalue weighted by atomic mass is 32.2. The van der Waals surface area contributed by atoms with Crippen molar-refractivity contribution in [2.24, 2.45) is 0 Å². The maximum atomic E-state index is 10.9. The van der Waals surface area contributed by atoms with Crippen LogP contribution in [-0.2, 0) is 16.3 Å². The van der Waals surface area contributed by atoms with Gasteiger partial charge in [-0.25, -0.2) is 8.42 Å². The van der Waals surface area contributed by atoms with E-state index in [1.54, 1.807) is 18.3 Å². The van der Waals surface area contributed by atoms with Gasteiger partial charge < -0.3 is 4.74 Å². The summed E-state index contributed by atoms with van der Waals surface area (Å²) in [5.74, 6) is 0.265. The molecule has 1 aromatic heterocycles. The second kappa shape index (κ2) is 5.11. The Morgan fingerprint density at radius 2 is 2.20 bits per heavy atom. The van der Waals surface area contributed by atoms with Gasteiger partial charge in [0.05, 0.1) is 0 Å². The summed E-state index contributed by atoms with van der Waals surface area (Å²) in [7, 11) is -3.09. The zero-order valence-corrected chi connectivity index (χ0v) is 9.75. The highest BCUT2D eigenvalue weighted by Crippen LogP contribution is 2.12. The fourth-order valence-corrected chi connectivity index (χ4v) is 1.46.